The lowest BCUT2D eigenvalue weighted by atomic mass is 10.1. The summed E-state index contributed by atoms with van der Waals surface area (Å²) >= 11 is 14.4. The first kappa shape index (κ1) is 26.6. The summed E-state index contributed by atoms with van der Waals surface area (Å²) in [5.41, 5.74) is 1.88. The average Bonchev–Trinajstić information content (AvgIpc) is 3.26. The molecule has 1 N–H and O–H groups in total. The molecule has 1 atom stereocenters. The summed E-state index contributed by atoms with van der Waals surface area (Å²) in [5, 5.41) is 13.8. The first-order chi connectivity index (χ1) is 16.5. The normalized spacial score (nSPS) is 12.0. The third-order valence-corrected chi connectivity index (χ3v) is 7.10. The predicted molar refractivity (Wildman–Crippen MR) is 142 cm³/mol. The molecule has 0 fully saturated rings. The van der Waals surface area contributed by atoms with Gasteiger partial charge < -0.3 is 5.32 Å². The van der Waals surface area contributed by atoms with Gasteiger partial charge in [0.15, 0.2) is 11.0 Å². The molecule has 3 rings (SSSR count). The first-order valence-corrected chi connectivity index (χ1v) is 13.6. The third-order valence-electron chi connectivity index (χ3n) is 5.54. The van der Waals surface area contributed by atoms with E-state index in [2.05, 4.69) is 34.6 Å². The van der Waals surface area contributed by atoms with E-state index in [1.165, 1.54) is 31.2 Å². The Bertz CT molecular complexity index is 1060. The molecular formula is C26H32Cl2N4OS. The Morgan fingerprint density at radius 2 is 1.76 bits per heavy atom. The van der Waals surface area contributed by atoms with Crippen molar-refractivity contribution in [3.05, 3.63) is 70.0 Å². The SMILES string of the molecule is CCCCCCCCC(=O)NC(C)c1nnc(SCc2ccccc2)n1-c1cc(Cl)ccc1Cl. The third kappa shape index (κ3) is 7.76. The highest BCUT2D eigenvalue weighted by atomic mass is 35.5. The average molecular weight is 520 g/mol. The van der Waals surface area contributed by atoms with Crippen LogP contribution in [0.5, 0.6) is 0 Å². The van der Waals surface area contributed by atoms with E-state index in [4.69, 9.17) is 23.2 Å². The molecule has 0 radical (unpaired) electrons. The van der Waals surface area contributed by atoms with E-state index in [0.29, 0.717) is 33.1 Å². The second-order valence-electron chi connectivity index (χ2n) is 8.35. The Hall–Kier alpha value is -2.02. The van der Waals surface area contributed by atoms with Gasteiger partial charge in [0, 0.05) is 17.2 Å². The summed E-state index contributed by atoms with van der Waals surface area (Å²) in [5.74, 6) is 1.37. The lowest BCUT2D eigenvalue weighted by molar-refractivity contribution is -0.121. The van der Waals surface area contributed by atoms with Crippen molar-refractivity contribution in [3.8, 4) is 5.69 Å². The van der Waals surface area contributed by atoms with E-state index < -0.39 is 0 Å². The smallest absolute Gasteiger partial charge is 0.220 e. The van der Waals surface area contributed by atoms with Gasteiger partial charge in [0.05, 0.1) is 16.8 Å². The van der Waals surface area contributed by atoms with E-state index >= 15 is 0 Å². The molecule has 2 aromatic carbocycles. The Morgan fingerprint density at radius 1 is 1.03 bits per heavy atom. The van der Waals surface area contributed by atoms with Gasteiger partial charge in [-0.3, -0.25) is 9.36 Å². The largest absolute Gasteiger partial charge is 0.346 e. The molecule has 0 bridgehead atoms. The van der Waals surface area contributed by atoms with E-state index in [9.17, 15) is 4.79 Å². The molecular weight excluding hydrogens is 487 g/mol. The van der Waals surface area contributed by atoms with E-state index in [0.717, 1.165) is 18.6 Å². The van der Waals surface area contributed by atoms with Crippen LogP contribution in [-0.2, 0) is 10.5 Å². The van der Waals surface area contributed by atoms with Gasteiger partial charge in [-0.1, -0.05) is 104 Å². The molecule has 3 aromatic rings. The standard InChI is InChI=1S/C26H32Cl2N4OS/c1-3-4-5-6-7-11-14-24(33)29-19(2)25-30-31-26(34-18-20-12-9-8-10-13-20)32(25)23-17-21(27)15-16-22(23)28/h8-10,12-13,15-17,19H,3-7,11,14,18H2,1-2H3,(H,29,33). The van der Waals surface area contributed by atoms with Crippen LogP contribution in [0.25, 0.3) is 5.69 Å². The van der Waals surface area contributed by atoms with Gasteiger partial charge in [-0.2, -0.15) is 0 Å². The fourth-order valence-electron chi connectivity index (χ4n) is 3.70. The fraction of sp³-hybridized carbons (Fsp3) is 0.423. The molecule has 1 amide bonds. The van der Waals surface area contributed by atoms with E-state index in [1.807, 2.05) is 29.7 Å². The molecule has 5 nitrogen and oxygen atoms in total. The van der Waals surface area contributed by atoms with Crippen LogP contribution in [0.2, 0.25) is 10.0 Å². The van der Waals surface area contributed by atoms with Gasteiger partial charge >= 0.3 is 0 Å². The molecule has 0 spiro atoms. The monoisotopic (exact) mass is 518 g/mol. The zero-order chi connectivity index (χ0) is 24.3. The number of benzene rings is 2. The lowest BCUT2D eigenvalue weighted by Crippen LogP contribution is -2.28. The number of hydrogen-bond donors (Lipinski definition) is 1. The Morgan fingerprint density at radius 3 is 2.53 bits per heavy atom. The second-order valence-corrected chi connectivity index (χ2v) is 10.1. The van der Waals surface area contributed by atoms with Gasteiger partial charge in [-0.15, -0.1) is 10.2 Å². The summed E-state index contributed by atoms with van der Waals surface area (Å²) in [4.78, 5) is 12.6. The molecule has 182 valence electrons. The van der Waals surface area contributed by atoms with Crippen LogP contribution in [0.1, 0.15) is 76.2 Å². The van der Waals surface area contributed by atoms with E-state index in [-0.39, 0.29) is 11.9 Å². The lowest BCUT2D eigenvalue weighted by Gasteiger charge is -2.17. The highest BCUT2D eigenvalue weighted by Gasteiger charge is 2.22. The van der Waals surface area contributed by atoms with Gasteiger partial charge in [0.2, 0.25) is 5.91 Å². The first-order valence-electron chi connectivity index (χ1n) is 11.9. The minimum absolute atomic E-state index is 0.0215. The summed E-state index contributed by atoms with van der Waals surface area (Å²) in [6.45, 7) is 4.12. The molecule has 34 heavy (non-hydrogen) atoms. The van der Waals surface area contributed by atoms with Gasteiger partial charge in [-0.25, -0.2) is 0 Å². The number of amides is 1. The number of rotatable bonds is 13. The van der Waals surface area contributed by atoms with Crippen molar-refractivity contribution < 1.29 is 4.79 Å². The van der Waals surface area contributed by atoms with Crippen LogP contribution in [0, 0.1) is 0 Å². The maximum atomic E-state index is 12.6. The maximum Gasteiger partial charge on any atom is 0.220 e. The highest BCUT2D eigenvalue weighted by Crippen LogP contribution is 2.32. The molecule has 1 aromatic heterocycles. The highest BCUT2D eigenvalue weighted by molar-refractivity contribution is 7.98. The summed E-state index contributed by atoms with van der Waals surface area (Å²) in [6, 6.07) is 15.2. The van der Waals surface area contributed by atoms with Crippen molar-refractivity contribution in [1.82, 2.24) is 20.1 Å². The number of halogens is 2. The number of nitrogens with zero attached hydrogens (tertiary/aromatic N) is 3. The number of carbonyl (C=O) groups is 1. The molecule has 1 heterocycles. The molecule has 0 saturated carbocycles. The number of thioether (sulfide) groups is 1. The van der Waals surface area contributed by atoms with Crippen LogP contribution >= 0.6 is 35.0 Å². The van der Waals surface area contributed by atoms with Crippen molar-refractivity contribution in [1.29, 1.82) is 0 Å². The van der Waals surface area contributed by atoms with Crippen LogP contribution < -0.4 is 5.32 Å². The molecule has 0 aliphatic rings. The minimum atomic E-state index is -0.332. The van der Waals surface area contributed by atoms with Gasteiger partial charge in [0.25, 0.3) is 0 Å². The Kier molecular flexibility index (Phi) is 10.8. The topological polar surface area (TPSA) is 59.8 Å². The molecule has 0 aliphatic heterocycles. The molecule has 0 aliphatic carbocycles. The zero-order valence-corrected chi connectivity index (χ0v) is 22.1. The summed E-state index contributed by atoms with van der Waals surface area (Å²) in [6.07, 6.45) is 7.39. The Balaban J connectivity index is 1.75. The van der Waals surface area contributed by atoms with Crippen molar-refractivity contribution in [3.63, 3.8) is 0 Å². The van der Waals surface area contributed by atoms with Gasteiger partial charge in [-0.05, 0) is 37.1 Å². The van der Waals surface area contributed by atoms with Crippen molar-refractivity contribution >= 4 is 40.9 Å². The van der Waals surface area contributed by atoms with Crippen LogP contribution in [-0.4, -0.2) is 20.7 Å². The van der Waals surface area contributed by atoms with Crippen molar-refractivity contribution in [2.75, 3.05) is 0 Å². The summed E-state index contributed by atoms with van der Waals surface area (Å²) < 4.78 is 1.90. The van der Waals surface area contributed by atoms with Crippen LogP contribution in [0.3, 0.4) is 0 Å². The molecule has 0 saturated heterocycles. The quantitative estimate of drug-likeness (QED) is 0.185. The number of aromatic nitrogens is 3. The molecule has 8 heteroatoms. The van der Waals surface area contributed by atoms with Crippen LogP contribution in [0.15, 0.2) is 53.7 Å². The number of carbonyl (C=O) groups excluding carboxylic acids is 1. The minimum Gasteiger partial charge on any atom is -0.346 e. The van der Waals surface area contributed by atoms with Crippen molar-refractivity contribution in [2.24, 2.45) is 0 Å². The fourth-order valence-corrected chi connectivity index (χ4v) is 4.98. The van der Waals surface area contributed by atoms with Crippen LogP contribution in [0.4, 0.5) is 0 Å². The zero-order valence-electron chi connectivity index (χ0n) is 19.8. The van der Waals surface area contributed by atoms with Crippen molar-refractivity contribution in [2.45, 2.75) is 75.7 Å². The number of hydrogen-bond acceptors (Lipinski definition) is 4. The Labute approximate surface area is 216 Å². The maximum absolute atomic E-state index is 12.6. The predicted octanol–water partition coefficient (Wildman–Crippen LogP) is 7.79. The number of unbranched alkanes of at least 4 members (excludes halogenated alkanes) is 5. The van der Waals surface area contributed by atoms with E-state index in [1.54, 1.807) is 30.0 Å². The van der Waals surface area contributed by atoms with Gasteiger partial charge in [0.1, 0.15) is 0 Å². The second kappa shape index (κ2) is 13.8. The number of nitrogens with one attached hydrogen (secondary N) is 1. The molecule has 1 unspecified atom stereocenters. The summed E-state index contributed by atoms with van der Waals surface area (Å²) in [7, 11) is 0.